The van der Waals surface area contributed by atoms with E-state index in [9.17, 15) is 9.59 Å². The monoisotopic (exact) mass is 530 g/mol. The number of unbranched alkanes of at least 4 members (excludes halogenated alkanes) is 3. The Labute approximate surface area is 221 Å². The van der Waals surface area contributed by atoms with Gasteiger partial charge in [0.2, 0.25) is 6.54 Å². The third-order valence-electron chi connectivity index (χ3n) is 5.83. The van der Waals surface area contributed by atoms with Crippen LogP contribution in [0.1, 0.15) is 84.9 Å². The van der Waals surface area contributed by atoms with E-state index < -0.39 is 26.0 Å². The fraction of sp³-hybridized carbons (Fsp3) is 0.667. The van der Waals surface area contributed by atoms with Gasteiger partial charge in [-0.2, -0.15) is 0 Å². The Morgan fingerprint density at radius 2 is 2.00 bits per heavy atom. The summed E-state index contributed by atoms with van der Waals surface area (Å²) >= 11 is 0. The lowest BCUT2D eigenvalue weighted by atomic mass is 10.1. The fourth-order valence-corrected chi connectivity index (χ4v) is 5.89. The van der Waals surface area contributed by atoms with Gasteiger partial charge in [-0.3, -0.25) is 14.3 Å². The highest BCUT2D eigenvalue weighted by molar-refractivity contribution is 7.44. The number of hydrogen-bond donors (Lipinski definition) is 1. The van der Waals surface area contributed by atoms with Crippen LogP contribution in [0.3, 0.4) is 0 Å². The van der Waals surface area contributed by atoms with Crippen LogP contribution in [-0.2, 0) is 13.8 Å². The van der Waals surface area contributed by atoms with Gasteiger partial charge in [0.05, 0.1) is 12.2 Å². The van der Waals surface area contributed by atoms with E-state index in [2.05, 4.69) is 60.0 Å². The van der Waals surface area contributed by atoms with Crippen LogP contribution >= 0.6 is 8.53 Å². The molecule has 1 aliphatic rings. The number of nitrogens with one attached hydrogen (secondary N) is 1. The van der Waals surface area contributed by atoms with Crippen LogP contribution in [0.2, 0.25) is 0 Å². The van der Waals surface area contributed by atoms with Crippen molar-refractivity contribution in [3.05, 3.63) is 44.0 Å². The predicted molar refractivity (Wildman–Crippen MR) is 146 cm³/mol. The molecule has 4 atom stereocenters. The van der Waals surface area contributed by atoms with Gasteiger partial charge in [0.15, 0.2) is 0 Å². The summed E-state index contributed by atoms with van der Waals surface area (Å²) in [6.45, 7) is 17.9. The third-order valence-corrected chi connectivity index (χ3v) is 7.99. The average Bonchev–Trinajstić information content (AvgIpc) is 3.24. The number of rotatable bonds is 13. The highest BCUT2D eigenvalue weighted by atomic mass is 31.2. The first-order chi connectivity index (χ1) is 17.7. The Morgan fingerprint density at radius 3 is 2.62 bits per heavy atom. The fourth-order valence-electron chi connectivity index (χ4n) is 4.14. The molecule has 37 heavy (non-hydrogen) atoms. The molecule has 1 aromatic heterocycles. The third kappa shape index (κ3) is 9.11. The zero-order valence-electron chi connectivity index (χ0n) is 22.5. The minimum Gasteiger partial charge on any atom is -0.352 e. The van der Waals surface area contributed by atoms with Gasteiger partial charge in [-0.25, -0.2) is 16.0 Å². The Morgan fingerprint density at radius 1 is 1.30 bits per heavy atom. The molecule has 0 saturated carbocycles. The number of aromatic amines is 1. The molecule has 1 saturated heterocycles. The number of aromatic nitrogens is 2. The summed E-state index contributed by atoms with van der Waals surface area (Å²) in [7, 11) is -1.45. The van der Waals surface area contributed by atoms with Crippen LogP contribution in [0.25, 0.3) is 4.85 Å². The van der Waals surface area contributed by atoms with E-state index in [0.29, 0.717) is 25.7 Å². The van der Waals surface area contributed by atoms with Crippen molar-refractivity contribution in [1.82, 2.24) is 14.2 Å². The van der Waals surface area contributed by atoms with Crippen LogP contribution in [-0.4, -0.2) is 51.7 Å². The molecule has 1 N–H and O–H groups in total. The first kappa shape index (κ1) is 30.8. The molecule has 0 amide bonds. The molecule has 1 fully saturated rings. The lowest BCUT2D eigenvalue weighted by Gasteiger charge is -2.37. The van der Waals surface area contributed by atoms with Gasteiger partial charge in [0, 0.05) is 37.5 Å². The molecule has 0 bridgehead atoms. The number of terminal acetylenes is 1. The molecule has 2 heterocycles. The van der Waals surface area contributed by atoms with Gasteiger partial charge in [-0.05, 0) is 47.0 Å². The predicted octanol–water partition coefficient (Wildman–Crippen LogP) is 4.45. The second kappa shape index (κ2) is 15.7. The van der Waals surface area contributed by atoms with Crippen LogP contribution in [0, 0.1) is 30.8 Å². The summed E-state index contributed by atoms with van der Waals surface area (Å²) < 4.78 is 22.3. The van der Waals surface area contributed by atoms with Crippen molar-refractivity contribution >= 4 is 8.53 Å². The molecule has 1 aromatic rings. The van der Waals surface area contributed by atoms with Crippen LogP contribution in [0.4, 0.5) is 0 Å². The first-order valence-electron chi connectivity index (χ1n) is 12.9. The Kier molecular flexibility index (Phi) is 13.1. The maximum atomic E-state index is 12.7. The Bertz CT molecular complexity index is 1110. The summed E-state index contributed by atoms with van der Waals surface area (Å²) in [5.41, 5.74) is -0.851. The van der Waals surface area contributed by atoms with Crippen LogP contribution < -0.4 is 11.2 Å². The minimum atomic E-state index is -1.45. The lowest BCUT2D eigenvalue weighted by molar-refractivity contribution is -0.0201. The molecule has 2 unspecified atom stereocenters. The van der Waals surface area contributed by atoms with Gasteiger partial charge in [-0.1, -0.05) is 18.8 Å². The molecule has 10 heteroatoms. The van der Waals surface area contributed by atoms with E-state index in [1.54, 1.807) is 0 Å². The van der Waals surface area contributed by atoms with Crippen molar-refractivity contribution in [2.24, 2.45) is 0 Å². The lowest BCUT2D eigenvalue weighted by Crippen LogP contribution is -2.36. The largest absolute Gasteiger partial charge is 0.352 e. The Hall–Kier alpha value is -2.44. The minimum absolute atomic E-state index is 0.173. The number of H-pyrrole nitrogens is 1. The normalized spacial score (nSPS) is 20.0. The van der Waals surface area contributed by atoms with E-state index in [1.807, 2.05) is 6.92 Å². The summed E-state index contributed by atoms with van der Waals surface area (Å²) in [4.78, 5) is 30.8. The molecule has 202 valence electrons. The molecule has 0 radical (unpaired) electrons. The maximum absolute atomic E-state index is 12.7. The van der Waals surface area contributed by atoms with Crippen molar-refractivity contribution in [3.63, 3.8) is 0 Å². The van der Waals surface area contributed by atoms with Gasteiger partial charge in [-0.15, -0.1) is 12.3 Å². The van der Waals surface area contributed by atoms with E-state index in [0.717, 1.165) is 12.8 Å². The summed E-state index contributed by atoms with van der Waals surface area (Å²) in [6.07, 6.45) is 9.69. The zero-order chi connectivity index (χ0) is 27.4. The zero-order valence-corrected chi connectivity index (χ0v) is 23.4. The molecule has 0 aliphatic carbocycles. The number of nitrogens with zero attached hydrogens (tertiary/aromatic N) is 3. The highest BCUT2D eigenvalue weighted by Crippen LogP contribution is 2.50. The van der Waals surface area contributed by atoms with Crippen molar-refractivity contribution < 1.29 is 13.8 Å². The maximum Gasteiger partial charge on any atom is 0.330 e. The standard InChI is InChI=1S/C27H39N4O5P/c1-8-10-11-12-13-14-15-22-19-30(27(33)29-26(22)32)25-18-24(23(9-2)35-25)36-37(34-17-16-28-7)31(20(3)4)21(5)6/h1,19-21,23-25H,9-13,16-18H2,2-6H3,(H,29,32,33)/t23-,24?,25-,37?/m1/s1. The SMILES string of the molecule is [C-]#[N+]CCOP(OC1C[C@H](n2cc(C#CCCCCC#C)c(=O)[nH]c2=O)O[C@@H]1CC)N(C(C)C)C(C)C. The van der Waals surface area contributed by atoms with Gasteiger partial charge >= 0.3 is 5.69 Å². The van der Waals surface area contributed by atoms with Crippen LogP contribution in [0.5, 0.6) is 0 Å². The van der Waals surface area contributed by atoms with E-state index in [-0.39, 0.29) is 43.0 Å². The van der Waals surface area contributed by atoms with E-state index in [4.69, 9.17) is 26.8 Å². The van der Waals surface area contributed by atoms with Gasteiger partial charge < -0.3 is 18.6 Å². The quantitative estimate of drug-likeness (QED) is 0.176. The molecule has 2 rings (SSSR count). The van der Waals surface area contributed by atoms with E-state index >= 15 is 0 Å². The molecule has 0 aromatic carbocycles. The van der Waals surface area contributed by atoms with Crippen molar-refractivity contribution in [3.8, 4) is 24.2 Å². The topological polar surface area (TPSA) is 90.2 Å². The van der Waals surface area contributed by atoms with Gasteiger partial charge in [0.1, 0.15) is 18.4 Å². The second-order valence-electron chi connectivity index (χ2n) is 9.36. The van der Waals surface area contributed by atoms with Crippen LogP contribution in [0.15, 0.2) is 15.8 Å². The molecular formula is C27H39N4O5P. The van der Waals surface area contributed by atoms with Crippen molar-refractivity contribution in [2.75, 3.05) is 13.2 Å². The highest BCUT2D eigenvalue weighted by Gasteiger charge is 2.40. The summed E-state index contributed by atoms with van der Waals surface area (Å²) in [5.74, 6) is 8.47. The second-order valence-corrected chi connectivity index (χ2v) is 10.8. The number of hydrogen-bond acceptors (Lipinski definition) is 6. The molecular weight excluding hydrogens is 491 g/mol. The average molecular weight is 531 g/mol. The van der Waals surface area contributed by atoms with Crippen molar-refractivity contribution in [2.45, 2.75) is 104 Å². The molecule has 0 spiro atoms. The van der Waals surface area contributed by atoms with E-state index in [1.165, 1.54) is 10.8 Å². The van der Waals surface area contributed by atoms with Crippen molar-refractivity contribution in [1.29, 1.82) is 0 Å². The number of ether oxygens (including phenoxy) is 1. The smallest absolute Gasteiger partial charge is 0.330 e. The molecule has 9 nitrogen and oxygen atoms in total. The Balaban J connectivity index is 2.24. The summed E-state index contributed by atoms with van der Waals surface area (Å²) in [6, 6.07) is 0.346. The molecule has 1 aliphatic heterocycles. The first-order valence-corrected chi connectivity index (χ1v) is 14.0. The summed E-state index contributed by atoms with van der Waals surface area (Å²) in [5, 5.41) is 0. The van der Waals surface area contributed by atoms with Gasteiger partial charge in [0.25, 0.3) is 14.1 Å².